The van der Waals surface area contributed by atoms with Gasteiger partial charge in [0.2, 0.25) is 0 Å². The summed E-state index contributed by atoms with van der Waals surface area (Å²) in [5.41, 5.74) is 1.83. The van der Waals surface area contributed by atoms with Gasteiger partial charge < -0.3 is 5.41 Å². The van der Waals surface area contributed by atoms with E-state index in [0.29, 0.717) is 5.56 Å². The fraction of sp³-hybridized carbons (Fsp3) is 0.312. The smallest absolute Gasteiger partial charge is 0.135 e. The number of allylic oxidation sites excluding steroid dienone is 4. The lowest BCUT2D eigenvalue weighted by atomic mass is 9.89. The van der Waals surface area contributed by atoms with Crippen molar-refractivity contribution in [1.82, 2.24) is 0 Å². The van der Waals surface area contributed by atoms with Gasteiger partial charge in [0.15, 0.2) is 0 Å². The van der Waals surface area contributed by atoms with Crippen LogP contribution >= 0.6 is 0 Å². The van der Waals surface area contributed by atoms with Crippen LogP contribution in [-0.2, 0) is 5.41 Å². The Bertz CT molecular complexity index is 642. The molecule has 19 heavy (non-hydrogen) atoms. The van der Waals surface area contributed by atoms with Crippen LogP contribution in [0.15, 0.2) is 35.9 Å². The molecule has 0 spiro atoms. The van der Waals surface area contributed by atoms with Crippen molar-refractivity contribution in [3.63, 3.8) is 0 Å². The summed E-state index contributed by atoms with van der Waals surface area (Å²) in [6.45, 7) is 4.02. The van der Waals surface area contributed by atoms with Crippen LogP contribution in [0.1, 0.15) is 31.4 Å². The van der Waals surface area contributed by atoms with Crippen LogP contribution in [0.25, 0.3) is 0 Å². The molecule has 2 aliphatic carbocycles. The van der Waals surface area contributed by atoms with E-state index < -0.39 is 11.6 Å². The molecule has 1 nitrogen and oxygen atoms in total. The fourth-order valence-electron chi connectivity index (χ4n) is 2.83. The van der Waals surface area contributed by atoms with Gasteiger partial charge in [0.05, 0.1) is 5.71 Å². The van der Waals surface area contributed by atoms with Crippen LogP contribution in [0.2, 0.25) is 0 Å². The molecule has 0 radical (unpaired) electrons. The maximum atomic E-state index is 14.1. The van der Waals surface area contributed by atoms with Crippen molar-refractivity contribution in [3.05, 3.63) is 58.7 Å². The standard InChI is InChI=1S/C16H15F2N/c1-9-3-4-14(19)15-12(6-11(17)7-13(15)18)16(2)8-10(16)5-9/h3-7,9,19H,8H2,1-2H3/b4-3-,10-5?,19-14?. The molecule has 0 amide bonds. The average molecular weight is 259 g/mol. The maximum absolute atomic E-state index is 14.1. The van der Waals surface area contributed by atoms with Crippen molar-refractivity contribution in [2.75, 3.05) is 0 Å². The van der Waals surface area contributed by atoms with Crippen LogP contribution in [0.5, 0.6) is 0 Å². The number of rotatable bonds is 0. The zero-order chi connectivity index (χ0) is 13.8. The van der Waals surface area contributed by atoms with Crippen molar-refractivity contribution >= 4 is 5.71 Å². The molecule has 0 saturated heterocycles. The van der Waals surface area contributed by atoms with Gasteiger partial charge in [-0.1, -0.05) is 31.6 Å². The van der Waals surface area contributed by atoms with Gasteiger partial charge in [-0.2, -0.15) is 0 Å². The Morgan fingerprint density at radius 2 is 2.05 bits per heavy atom. The minimum Gasteiger partial charge on any atom is -0.300 e. The van der Waals surface area contributed by atoms with E-state index in [1.54, 1.807) is 6.08 Å². The summed E-state index contributed by atoms with van der Waals surface area (Å²) < 4.78 is 27.6. The Hall–Kier alpha value is -1.77. The first-order valence-corrected chi connectivity index (χ1v) is 6.39. The van der Waals surface area contributed by atoms with E-state index in [4.69, 9.17) is 5.41 Å². The molecule has 2 atom stereocenters. The number of nitrogens with one attached hydrogen (secondary N) is 1. The Morgan fingerprint density at radius 1 is 1.32 bits per heavy atom. The van der Waals surface area contributed by atoms with E-state index in [1.807, 2.05) is 19.9 Å². The molecule has 98 valence electrons. The van der Waals surface area contributed by atoms with Gasteiger partial charge in [0.25, 0.3) is 0 Å². The van der Waals surface area contributed by atoms with Gasteiger partial charge in [-0.3, -0.25) is 0 Å². The SMILES string of the molecule is CC1C=C2CC2(C)c2cc(F)cc(F)c2C(=N)/C=C\1. The molecular weight excluding hydrogens is 244 g/mol. The third-order valence-corrected chi connectivity index (χ3v) is 4.08. The van der Waals surface area contributed by atoms with E-state index in [2.05, 4.69) is 6.08 Å². The predicted octanol–water partition coefficient (Wildman–Crippen LogP) is 4.13. The summed E-state index contributed by atoms with van der Waals surface area (Å²) in [4.78, 5) is 0. The Balaban J connectivity index is 2.29. The van der Waals surface area contributed by atoms with E-state index in [0.717, 1.165) is 12.5 Å². The van der Waals surface area contributed by atoms with E-state index in [-0.39, 0.29) is 22.6 Å². The van der Waals surface area contributed by atoms with Crippen LogP contribution in [0, 0.1) is 23.0 Å². The first-order valence-electron chi connectivity index (χ1n) is 6.39. The highest BCUT2D eigenvalue weighted by Gasteiger charge is 2.48. The molecular formula is C16H15F2N. The van der Waals surface area contributed by atoms with E-state index >= 15 is 0 Å². The van der Waals surface area contributed by atoms with Crippen LogP contribution < -0.4 is 0 Å². The number of fused-ring (bicyclic) bond motifs is 3. The topological polar surface area (TPSA) is 23.9 Å². The Kier molecular flexibility index (Phi) is 2.49. The highest BCUT2D eigenvalue weighted by atomic mass is 19.1. The molecule has 1 saturated carbocycles. The minimum atomic E-state index is -0.647. The predicted molar refractivity (Wildman–Crippen MR) is 71.5 cm³/mol. The van der Waals surface area contributed by atoms with E-state index in [9.17, 15) is 8.78 Å². The molecule has 1 N–H and O–H groups in total. The highest BCUT2D eigenvalue weighted by molar-refractivity contribution is 6.08. The molecule has 0 aliphatic heterocycles. The van der Waals surface area contributed by atoms with Gasteiger partial charge in [0, 0.05) is 17.0 Å². The summed E-state index contributed by atoms with van der Waals surface area (Å²) >= 11 is 0. The second-order valence-corrected chi connectivity index (χ2v) is 5.64. The number of hydrogen-bond acceptors (Lipinski definition) is 1. The summed E-state index contributed by atoms with van der Waals surface area (Å²) in [5.74, 6) is -1.01. The quantitative estimate of drug-likeness (QED) is 0.677. The maximum Gasteiger partial charge on any atom is 0.135 e. The van der Waals surface area contributed by atoms with Crippen LogP contribution in [-0.4, -0.2) is 5.71 Å². The number of halogens is 2. The van der Waals surface area contributed by atoms with Crippen molar-refractivity contribution in [3.8, 4) is 0 Å². The van der Waals surface area contributed by atoms with E-state index in [1.165, 1.54) is 11.6 Å². The first-order chi connectivity index (χ1) is 8.91. The Morgan fingerprint density at radius 3 is 2.79 bits per heavy atom. The first kappa shape index (κ1) is 12.3. The minimum absolute atomic E-state index is 0.113. The molecule has 0 bridgehead atoms. The average Bonchev–Trinajstić information content (AvgIpc) is 2.96. The monoisotopic (exact) mass is 259 g/mol. The molecule has 0 heterocycles. The molecule has 1 aromatic carbocycles. The second kappa shape index (κ2) is 3.86. The molecule has 2 aliphatic rings. The van der Waals surface area contributed by atoms with Gasteiger partial charge in [0.1, 0.15) is 11.6 Å². The summed E-state index contributed by atoms with van der Waals surface area (Å²) in [6, 6.07) is 2.23. The highest BCUT2D eigenvalue weighted by Crippen LogP contribution is 2.55. The molecule has 1 fully saturated rings. The third kappa shape index (κ3) is 1.84. The summed E-state index contributed by atoms with van der Waals surface area (Å²) in [7, 11) is 0. The second-order valence-electron chi connectivity index (χ2n) is 5.64. The van der Waals surface area contributed by atoms with Crippen molar-refractivity contribution in [2.45, 2.75) is 25.7 Å². The van der Waals surface area contributed by atoms with Gasteiger partial charge in [-0.05, 0) is 30.0 Å². The Labute approximate surface area is 111 Å². The van der Waals surface area contributed by atoms with Gasteiger partial charge >= 0.3 is 0 Å². The number of benzene rings is 1. The third-order valence-electron chi connectivity index (χ3n) is 4.08. The molecule has 3 heteroatoms. The summed E-state index contributed by atoms with van der Waals surface area (Å²) in [5, 5.41) is 8.03. The normalized spacial score (nSPS) is 30.4. The van der Waals surface area contributed by atoms with Crippen LogP contribution in [0.3, 0.4) is 0 Å². The lowest BCUT2D eigenvalue weighted by Crippen LogP contribution is -2.12. The fourth-order valence-corrected chi connectivity index (χ4v) is 2.83. The largest absolute Gasteiger partial charge is 0.300 e. The van der Waals surface area contributed by atoms with Crippen molar-refractivity contribution < 1.29 is 8.78 Å². The molecule has 1 aromatic rings. The molecule has 0 aromatic heterocycles. The van der Waals surface area contributed by atoms with Gasteiger partial charge in [-0.25, -0.2) is 8.78 Å². The zero-order valence-corrected chi connectivity index (χ0v) is 10.9. The zero-order valence-electron chi connectivity index (χ0n) is 10.9. The van der Waals surface area contributed by atoms with Crippen LogP contribution in [0.4, 0.5) is 8.78 Å². The molecule has 2 unspecified atom stereocenters. The molecule has 3 rings (SSSR count). The lowest BCUT2D eigenvalue weighted by molar-refractivity contribution is 0.573. The lowest BCUT2D eigenvalue weighted by Gasteiger charge is -2.15. The van der Waals surface area contributed by atoms with Crippen molar-refractivity contribution in [1.29, 1.82) is 5.41 Å². The number of hydrogen-bond donors (Lipinski definition) is 1. The van der Waals surface area contributed by atoms with Crippen molar-refractivity contribution in [2.24, 2.45) is 5.92 Å². The summed E-state index contributed by atoms with van der Waals surface area (Å²) in [6.07, 6.45) is 6.43. The van der Waals surface area contributed by atoms with Gasteiger partial charge in [-0.15, -0.1) is 0 Å².